The van der Waals surface area contributed by atoms with Crippen LogP contribution in [0.25, 0.3) is 0 Å². The zero-order chi connectivity index (χ0) is 27.6. The molecule has 3 aromatic carbocycles. The van der Waals surface area contributed by atoms with Crippen LogP contribution in [0.2, 0.25) is 0 Å². The van der Waals surface area contributed by atoms with Crippen LogP contribution in [0.4, 0.5) is 10.5 Å². The molecule has 0 saturated carbocycles. The Morgan fingerprint density at radius 3 is 2.41 bits per heavy atom. The van der Waals surface area contributed by atoms with Crippen LogP contribution >= 0.6 is 0 Å². The predicted octanol–water partition coefficient (Wildman–Crippen LogP) is 4.46. The van der Waals surface area contributed by atoms with Gasteiger partial charge in [0.1, 0.15) is 5.75 Å². The largest absolute Gasteiger partial charge is 0.497 e. The minimum absolute atomic E-state index is 0.219. The highest BCUT2D eigenvalue weighted by atomic mass is 16.5. The first-order valence-electron chi connectivity index (χ1n) is 12.7. The van der Waals surface area contributed by atoms with Crippen LogP contribution in [-0.2, 0) is 16.1 Å². The fraction of sp³-hybridized carbons (Fsp3) is 0.300. The number of ether oxygens (including phenoxy) is 3. The molecule has 1 atom stereocenters. The number of nitrogens with zero attached hydrogens (tertiary/aromatic N) is 3. The molecule has 39 heavy (non-hydrogen) atoms. The summed E-state index contributed by atoms with van der Waals surface area (Å²) >= 11 is 0. The highest BCUT2D eigenvalue weighted by molar-refractivity contribution is 6.00. The van der Waals surface area contributed by atoms with Crippen LogP contribution in [0, 0.1) is 11.3 Å². The molecule has 1 aliphatic heterocycles. The molecule has 1 aliphatic rings. The first-order chi connectivity index (χ1) is 19.0. The summed E-state index contributed by atoms with van der Waals surface area (Å²) in [5.41, 5.74) is 3.33. The molecule has 3 aromatic rings. The molecule has 1 N–H and O–H groups in total. The number of nitriles is 1. The summed E-state index contributed by atoms with van der Waals surface area (Å²) in [5, 5.41) is 11.9. The molecular weight excluding hydrogens is 496 g/mol. The lowest BCUT2D eigenvalue weighted by Gasteiger charge is -2.36. The van der Waals surface area contributed by atoms with E-state index in [0.717, 1.165) is 16.9 Å². The number of methoxy groups -OCH3 is 2. The summed E-state index contributed by atoms with van der Waals surface area (Å²) < 4.78 is 16.6. The molecule has 0 bridgehead atoms. The van der Waals surface area contributed by atoms with Crippen LogP contribution in [0.1, 0.15) is 33.2 Å². The van der Waals surface area contributed by atoms with Crippen molar-refractivity contribution >= 4 is 17.7 Å². The Kier molecular flexibility index (Phi) is 9.51. The monoisotopic (exact) mass is 528 g/mol. The van der Waals surface area contributed by atoms with Gasteiger partial charge in [-0.05, 0) is 47.5 Å². The third-order valence-corrected chi connectivity index (χ3v) is 6.66. The molecule has 0 radical (unpaired) electrons. The molecular formula is C30H32N4O5. The number of esters is 1. The van der Waals surface area contributed by atoms with Gasteiger partial charge in [0.15, 0.2) is 0 Å². The molecule has 1 fully saturated rings. The first-order valence-corrected chi connectivity index (χ1v) is 12.7. The number of hydrogen-bond acceptors (Lipinski definition) is 7. The number of anilines is 1. The Morgan fingerprint density at radius 1 is 0.974 bits per heavy atom. The van der Waals surface area contributed by atoms with E-state index in [1.54, 1.807) is 48.4 Å². The Labute approximate surface area is 228 Å². The van der Waals surface area contributed by atoms with E-state index in [1.165, 1.54) is 7.11 Å². The SMILES string of the molecule is COC(=O)c1ccccc1NC(=O)N1CCN(C[C@@H](OCc2ccc(C#N)cc2)c2cccc(OC)c2)CC1. The maximum Gasteiger partial charge on any atom is 0.339 e. The van der Waals surface area contributed by atoms with Gasteiger partial charge in [0.05, 0.1) is 49.8 Å². The number of hydrogen-bond donors (Lipinski definition) is 1. The number of urea groups is 1. The van der Waals surface area contributed by atoms with E-state index >= 15 is 0 Å². The van der Waals surface area contributed by atoms with Gasteiger partial charge in [-0.1, -0.05) is 36.4 Å². The van der Waals surface area contributed by atoms with Gasteiger partial charge in [-0.3, -0.25) is 4.90 Å². The van der Waals surface area contributed by atoms with Crippen molar-refractivity contribution in [2.75, 3.05) is 52.3 Å². The summed E-state index contributed by atoms with van der Waals surface area (Å²) in [4.78, 5) is 29.0. The number of carbonyl (C=O) groups is 2. The average Bonchev–Trinajstić information content (AvgIpc) is 2.99. The zero-order valence-corrected chi connectivity index (χ0v) is 22.1. The van der Waals surface area contributed by atoms with Crippen molar-refractivity contribution < 1.29 is 23.8 Å². The lowest BCUT2D eigenvalue weighted by molar-refractivity contribution is 0.00584. The number of amides is 2. The summed E-state index contributed by atoms with van der Waals surface area (Å²) in [5.74, 6) is 0.258. The van der Waals surface area contributed by atoms with Crippen molar-refractivity contribution in [2.45, 2.75) is 12.7 Å². The van der Waals surface area contributed by atoms with Gasteiger partial charge in [0, 0.05) is 32.7 Å². The second-order valence-electron chi connectivity index (χ2n) is 9.14. The summed E-state index contributed by atoms with van der Waals surface area (Å²) in [7, 11) is 2.95. The third-order valence-electron chi connectivity index (χ3n) is 6.66. The molecule has 9 nitrogen and oxygen atoms in total. The van der Waals surface area contributed by atoms with Gasteiger partial charge in [0.2, 0.25) is 0 Å². The maximum absolute atomic E-state index is 12.9. The van der Waals surface area contributed by atoms with Crippen LogP contribution in [0.5, 0.6) is 5.75 Å². The summed E-state index contributed by atoms with van der Waals surface area (Å²) in [6, 6.07) is 23.9. The number of rotatable bonds is 9. The Balaban J connectivity index is 1.38. The normalized spacial score (nSPS) is 14.2. The average molecular weight is 529 g/mol. The van der Waals surface area contributed by atoms with Crippen LogP contribution < -0.4 is 10.1 Å². The smallest absolute Gasteiger partial charge is 0.339 e. The standard InChI is InChI=1S/C30H32N4O5/c1-37-25-7-5-6-24(18-25)28(39-21-23-12-10-22(19-31)11-13-23)20-33-14-16-34(17-15-33)30(36)32-27-9-4-3-8-26(27)29(35)38-2/h3-13,18,28H,14-17,20-21H2,1-2H3,(H,32,36)/t28-/m1/s1. The van der Waals surface area contributed by atoms with Gasteiger partial charge >= 0.3 is 12.0 Å². The molecule has 0 unspecified atom stereocenters. The highest BCUT2D eigenvalue weighted by Crippen LogP contribution is 2.25. The van der Waals surface area contributed by atoms with Gasteiger partial charge in [-0.2, -0.15) is 5.26 Å². The van der Waals surface area contributed by atoms with E-state index in [9.17, 15) is 9.59 Å². The number of nitrogens with one attached hydrogen (secondary N) is 1. The molecule has 1 saturated heterocycles. The zero-order valence-electron chi connectivity index (χ0n) is 22.1. The topological polar surface area (TPSA) is 104 Å². The number of carbonyl (C=O) groups excluding carboxylic acids is 2. The Bertz CT molecular complexity index is 1310. The number of benzene rings is 3. The Hall–Kier alpha value is -4.39. The number of piperazine rings is 1. The van der Waals surface area contributed by atoms with Gasteiger partial charge < -0.3 is 24.4 Å². The predicted molar refractivity (Wildman–Crippen MR) is 146 cm³/mol. The summed E-state index contributed by atoms with van der Waals surface area (Å²) in [6.45, 7) is 3.46. The molecule has 4 rings (SSSR count). The molecule has 0 aromatic heterocycles. The fourth-order valence-corrected chi connectivity index (χ4v) is 4.41. The van der Waals surface area contributed by atoms with Crippen molar-refractivity contribution in [3.8, 4) is 11.8 Å². The van der Waals surface area contributed by atoms with Crippen molar-refractivity contribution in [3.05, 3.63) is 95.1 Å². The van der Waals surface area contributed by atoms with Crippen LogP contribution in [0.15, 0.2) is 72.8 Å². The van der Waals surface area contributed by atoms with E-state index in [0.29, 0.717) is 56.1 Å². The van der Waals surface area contributed by atoms with E-state index in [1.807, 2.05) is 36.4 Å². The van der Waals surface area contributed by atoms with Gasteiger partial charge in [-0.15, -0.1) is 0 Å². The lowest BCUT2D eigenvalue weighted by atomic mass is 10.1. The van der Waals surface area contributed by atoms with Crippen LogP contribution in [-0.4, -0.2) is 68.7 Å². The Morgan fingerprint density at radius 2 is 1.72 bits per heavy atom. The quantitative estimate of drug-likeness (QED) is 0.409. The third kappa shape index (κ3) is 7.35. The molecule has 0 aliphatic carbocycles. The second kappa shape index (κ2) is 13.4. The maximum atomic E-state index is 12.9. The van der Waals surface area contributed by atoms with Gasteiger partial charge in [0.25, 0.3) is 0 Å². The fourth-order valence-electron chi connectivity index (χ4n) is 4.41. The van der Waals surface area contributed by atoms with E-state index in [2.05, 4.69) is 16.3 Å². The highest BCUT2D eigenvalue weighted by Gasteiger charge is 2.25. The minimum atomic E-state index is -0.500. The van der Waals surface area contributed by atoms with E-state index < -0.39 is 5.97 Å². The lowest BCUT2D eigenvalue weighted by Crippen LogP contribution is -2.51. The van der Waals surface area contributed by atoms with Crippen molar-refractivity contribution in [1.82, 2.24) is 9.80 Å². The molecule has 1 heterocycles. The number of para-hydroxylation sites is 1. The molecule has 0 spiro atoms. The van der Waals surface area contributed by atoms with Gasteiger partial charge in [-0.25, -0.2) is 9.59 Å². The van der Waals surface area contributed by atoms with Crippen molar-refractivity contribution in [1.29, 1.82) is 5.26 Å². The molecule has 2 amide bonds. The van der Waals surface area contributed by atoms with Crippen molar-refractivity contribution in [3.63, 3.8) is 0 Å². The minimum Gasteiger partial charge on any atom is -0.497 e. The first kappa shape index (κ1) is 27.6. The van der Waals surface area contributed by atoms with E-state index in [-0.39, 0.29) is 12.1 Å². The second-order valence-corrected chi connectivity index (χ2v) is 9.14. The van der Waals surface area contributed by atoms with E-state index in [4.69, 9.17) is 19.5 Å². The van der Waals surface area contributed by atoms with Crippen LogP contribution in [0.3, 0.4) is 0 Å². The molecule has 202 valence electrons. The van der Waals surface area contributed by atoms with Crippen molar-refractivity contribution in [2.24, 2.45) is 0 Å². The molecule has 9 heteroatoms. The summed E-state index contributed by atoms with van der Waals surface area (Å²) in [6.07, 6.45) is -0.219.